The highest BCUT2D eigenvalue weighted by Gasteiger charge is 2.23. The van der Waals surface area contributed by atoms with Gasteiger partial charge in [-0.1, -0.05) is 29.8 Å². The highest BCUT2D eigenvalue weighted by atomic mass is 35.5. The van der Waals surface area contributed by atoms with Crippen molar-refractivity contribution in [2.75, 3.05) is 38.2 Å². The van der Waals surface area contributed by atoms with Crippen LogP contribution < -0.4 is 9.64 Å². The average Bonchev–Trinajstić information content (AvgIpc) is 2.62. The number of phenols is 1. The second-order valence-electron chi connectivity index (χ2n) is 6.08. The first kappa shape index (κ1) is 19.4. The number of hydrogen-bond acceptors (Lipinski definition) is 4. The number of phenolic OH excluding ortho intramolecular Hbond substituents is 1. The van der Waals surface area contributed by atoms with Crippen LogP contribution >= 0.6 is 11.6 Å². The van der Waals surface area contributed by atoms with E-state index in [4.69, 9.17) is 16.3 Å². The summed E-state index contributed by atoms with van der Waals surface area (Å²) >= 11 is 6.31. The molecule has 1 aliphatic rings. The smallest absolute Gasteiger partial charge is 0.160 e. The van der Waals surface area contributed by atoms with E-state index in [9.17, 15) is 5.11 Å². The van der Waals surface area contributed by atoms with Gasteiger partial charge in [-0.15, -0.1) is 0 Å². The maximum Gasteiger partial charge on any atom is 0.160 e. The van der Waals surface area contributed by atoms with E-state index in [-0.39, 0.29) is 17.3 Å². The van der Waals surface area contributed by atoms with E-state index in [0.29, 0.717) is 5.75 Å². The van der Waals surface area contributed by atoms with Gasteiger partial charge in [0.15, 0.2) is 11.5 Å². The lowest BCUT2D eigenvalue weighted by Gasteiger charge is -2.39. The first-order valence-corrected chi connectivity index (χ1v) is 8.58. The molecule has 3 N–H and O–H groups in total. The van der Waals surface area contributed by atoms with Crippen molar-refractivity contribution in [3.05, 3.63) is 53.1 Å². The molecule has 136 valence electrons. The fraction of sp³-hybridized carbons (Fsp3) is 0.368. The highest BCUT2D eigenvalue weighted by Crippen LogP contribution is 2.32. The lowest BCUT2D eigenvalue weighted by molar-refractivity contribution is 0.198. The van der Waals surface area contributed by atoms with Crippen LogP contribution in [0.4, 0.5) is 5.69 Å². The monoisotopic (exact) mass is 364 g/mol. The Labute approximate surface area is 153 Å². The molecule has 1 atom stereocenters. The minimum absolute atomic E-state index is 0. The zero-order chi connectivity index (χ0) is 17.1. The summed E-state index contributed by atoms with van der Waals surface area (Å²) in [6, 6.07) is 13.9. The molecule has 0 aliphatic carbocycles. The van der Waals surface area contributed by atoms with Crippen LogP contribution in [0.15, 0.2) is 42.5 Å². The van der Waals surface area contributed by atoms with Gasteiger partial charge in [-0.25, -0.2) is 0 Å². The molecule has 0 aromatic heterocycles. The van der Waals surface area contributed by atoms with E-state index < -0.39 is 0 Å². The molecule has 1 unspecified atom stereocenters. The van der Waals surface area contributed by atoms with Crippen LogP contribution in [0.5, 0.6) is 11.5 Å². The maximum atomic E-state index is 9.76. The van der Waals surface area contributed by atoms with Crippen molar-refractivity contribution in [1.82, 2.24) is 4.90 Å². The Morgan fingerprint density at radius 3 is 2.40 bits per heavy atom. The summed E-state index contributed by atoms with van der Waals surface area (Å²) in [5, 5.41) is 10.6. The summed E-state index contributed by atoms with van der Waals surface area (Å²) in [7, 11) is 1.58. The number of piperazine rings is 1. The lowest BCUT2D eigenvalue weighted by atomic mass is 10.1. The third kappa shape index (κ3) is 4.18. The highest BCUT2D eigenvalue weighted by molar-refractivity contribution is 6.33. The van der Waals surface area contributed by atoms with Crippen LogP contribution in [0.3, 0.4) is 0 Å². The Balaban J connectivity index is 0.00000225. The lowest BCUT2D eigenvalue weighted by Crippen LogP contribution is -2.47. The standard InChI is InChI=1S/C19H23ClN2O2.H2O/c1-14(15-7-8-18(23)19(13-15)24-2)21-9-11-22(12-10-21)17-6-4-3-5-16(17)20;/h3-8,13-14,23H,9-12H2,1-2H3;1H2. The summed E-state index contributed by atoms with van der Waals surface area (Å²) in [4.78, 5) is 4.78. The summed E-state index contributed by atoms with van der Waals surface area (Å²) in [6.07, 6.45) is 0. The number of anilines is 1. The Morgan fingerprint density at radius 1 is 1.08 bits per heavy atom. The van der Waals surface area contributed by atoms with Gasteiger partial charge in [0.05, 0.1) is 17.8 Å². The van der Waals surface area contributed by atoms with Crippen LogP contribution in [-0.2, 0) is 0 Å². The molecule has 0 saturated carbocycles. The van der Waals surface area contributed by atoms with Crippen LogP contribution in [0.1, 0.15) is 18.5 Å². The minimum Gasteiger partial charge on any atom is -0.504 e. The quantitative estimate of drug-likeness (QED) is 0.905. The fourth-order valence-electron chi connectivity index (χ4n) is 3.22. The molecule has 0 radical (unpaired) electrons. The van der Waals surface area contributed by atoms with E-state index in [0.717, 1.165) is 42.5 Å². The normalized spacial score (nSPS) is 16.2. The number of halogens is 1. The molecule has 1 aliphatic heterocycles. The van der Waals surface area contributed by atoms with Gasteiger partial charge >= 0.3 is 0 Å². The molecule has 2 aromatic rings. The second-order valence-corrected chi connectivity index (χ2v) is 6.49. The Hall–Kier alpha value is -1.95. The third-order valence-corrected chi connectivity index (χ3v) is 5.06. The number of methoxy groups -OCH3 is 1. The molecule has 25 heavy (non-hydrogen) atoms. The van der Waals surface area contributed by atoms with Crippen LogP contribution in [0, 0.1) is 0 Å². The molecular formula is C19H25ClN2O3. The Bertz CT molecular complexity index is 703. The predicted molar refractivity (Wildman–Crippen MR) is 102 cm³/mol. The molecule has 1 fully saturated rings. The van der Waals surface area contributed by atoms with Crippen molar-refractivity contribution in [1.29, 1.82) is 0 Å². The number of aromatic hydroxyl groups is 1. The number of nitrogens with zero attached hydrogens (tertiary/aromatic N) is 2. The number of rotatable bonds is 4. The van der Waals surface area contributed by atoms with E-state index in [1.54, 1.807) is 13.2 Å². The molecule has 0 bridgehead atoms. The van der Waals surface area contributed by atoms with E-state index in [1.807, 2.05) is 30.3 Å². The molecule has 1 saturated heterocycles. The molecule has 1 heterocycles. The second kappa shape index (κ2) is 8.43. The van der Waals surface area contributed by atoms with Crippen LogP contribution in [0.2, 0.25) is 5.02 Å². The summed E-state index contributed by atoms with van der Waals surface area (Å²) in [6.45, 7) is 6.02. The average molecular weight is 365 g/mol. The van der Waals surface area contributed by atoms with Gasteiger partial charge in [0.25, 0.3) is 0 Å². The number of ether oxygens (including phenoxy) is 1. The van der Waals surface area contributed by atoms with Gasteiger partial charge in [0, 0.05) is 32.2 Å². The molecule has 0 spiro atoms. The summed E-state index contributed by atoms with van der Waals surface area (Å²) in [5.74, 6) is 0.700. The number of hydrogen-bond donors (Lipinski definition) is 1. The van der Waals surface area contributed by atoms with E-state index in [2.05, 4.69) is 22.8 Å². The van der Waals surface area contributed by atoms with Crippen molar-refractivity contribution < 1.29 is 15.3 Å². The first-order chi connectivity index (χ1) is 11.6. The van der Waals surface area contributed by atoms with Gasteiger partial charge in [-0.3, -0.25) is 4.90 Å². The number of benzene rings is 2. The summed E-state index contributed by atoms with van der Waals surface area (Å²) < 4.78 is 5.22. The van der Waals surface area contributed by atoms with Crippen LogP contribution in [-0.4, -0.2) is 48.8 Å². The molecule has 2 aromatic carbocycles. The zero-order valence-corrected chi connectivity index (χ0v) is 15.3. The topological polar surface area (TPSA) is 67.4 Å². The fourth-order valence-corrected chi connectivity index (χ4v) is 3.48. The van der Waals surface area contributed by atoms with Crippen LogP contribution in [0.25, 0.3) is 0 Å². The van der Waals surface area contributed by atoms with Gasteiger partial charge in [-0.2, -0.15) is 0 Å². The zero-order valence-electron chi connectivity index (χ0n) is 14.6. The Kier molecular flexibility index (Phi) is 6.53. The van der Waals surface area contributed by atoms with Crippen molar-refractivity contribution in [3.63, 3.8) is 0 Å². The largest absolute Gasteiger partial charge is 0.504 e. The maximum absolute atomic E-state index is 9.76. The molecule has 0 amide bonds. The SMILES string of the molecule is COc1cc(C(C)N2CCN(c3ccccc3Cl)CC2)ccc1O.O. The molecular weight excluding hydrogens is 340 g/mol. The first-order valence-electron chi connectivity index (χ1n) is 8.20. The van der Waals surface area contributed by atoms with Crippen molar-refractivity contribution in [2.24, 2.45) is 0 Å². The third-order valence-electron chi connectivity index (χ3n) is 4.74. The van der Waals surface area contributed by atoms with E-state index >= 15 is 0 Å². The van der Waals surface area contributed by atoms with E-state index in [1.165, 1.54) is 0 Å². The van der Waals surface area contributed by atoms with Crippen molar-refractivity contribution >= 4 is 17.3 Å². The van der Waals surface area contributed by atoms with Crippen molar-refractivity contribution in [2.45, 2.75) is 13.0 Å². The van der Waals surface area contributed by atoms with Gasteiger partial charge < -0.3 is 20.2 Å². The van der Waals surface area contributed by atoms with Gasteiger partial charge in [-0.05, 0) is 36.8 Å². The minimum atomic E-state index is 0. The molecule has 5 nitrogen and oxygen atoms in total. The summed E-state index contributed by atoms with van der Waals surface area (Å²) in [5.41, 5.74) is 2.26. The van der Waals surface area contributed by atoms with Crippen molar-refractivity contribution in [3.8, 4) is 11.5 Å². The van der Waals surface area contributed by atoms with Gasteiger partial charge in [0.2, 0.25) is 0 Å². The molecule has 6 heteroatoms. The van der Waals surface area contributed by atoms with Gasteiger partial charge in [0.1, 0.15) is 0 Å². The Morgan fingerprint density at radius 2 is 1.76 bits per heavy atom. The number of para-hydroxylation sites is 1. The predicted octanol–water partition coefficient (Wildman–Crippen LogP) is 3.11. The molecule has 3 rings (SSSR count).